The Morgan fingerprint density at radius 3 is 2.80 bits per heavy atom. The molecule has 0 saturated heterocycles. The SMILES string of the molecule is COc1ccc(NC2CCC(C)C2)nc1. The van der Waals surface area contributed by atoms with E-state index in [1.165, 1.54) is 19.3 Å². The topological polar surface area (TPSA) is 34.1 Å². The van der Waals surface area contributed by atoms with Gasteiger partial charge in [-0.05, 0) is 37.3 Å². The molecule has 82 valence electrons. The molecule has 3 heteroatoms. The maximum Gasteiger partial charge on any atom is 0.137 e. The highest BCUT2D eigenvalue weighted by Gasteiger charge is 2.20. The Morgan fingerprint density at radius 1 is 1.40 bits per heavy atom. The van der Waals surface area contributed by atoms with E-state index in [0.717, 1.165) is 17.5 Å². The van der Waals surface area contributed by atoms with Gasteiger partial charge in [-0.15, -0.1) is 0 Å². The fourth-order valence-electron chi connectivity index (χ4n) is 2.13. The largest absolute Gasteiger partial charge is 0.495 e. The highest BCUT2D eigenvalue weighted by atomic mass is 16.5. The molecule has 0 aliphatic heterocycles. The first kappa shape index (κ1) is 10.3. The molecule has 0 spiro atoms. The van der Waals surface area contributed by atoms with E-state index >= 15 is 0 Å². The van der Waals surface area contributed by atoms with Crippen molar-refractivity contribution >= 4 is 5.82 Å². The molecule has 1 aliphatic rings. The smallest absolute Gasteiger partial charge is 0.137 e. The van der Waals surface area contributed by atoms with Crippen molar-refractivity contribution in [2.24, 2.45) is 5.92 Å². The van der Waals surface area contributed by atoms with Crippen LogP contribution in [0.4, 0.5) is 5.82 Å². The van der Waals surface area contributed by atoms with Gasteiger partial charge in [0.1, 0.15) is 11.6 Å². The van der Waals surface area contributed by atoms with Crippen LogP contribution in [0.2, 0.25) is 0 Å². The maximum absolute atomic E-state index is 5.07. The van der Waals surface area contributed by atoms with Crippen LogP contribution in [0.1, 0.15) is 26.2 Å². The van der Waals surface area contributed by atoms with E-state index in [1.54, 1.807) is 13.3 Å². The van der Waals surface area contributed by atoms with Gasteiger partial charge in [-0.1, -0.05) is 6.92 Å². The number of hydrogen-bond donors (Lipinski definition) is 1. The fourth-order valence-corrected chi connectivity index (χ4v) is 2.13. The molecule has 1 saturated carbocycles. The third-order valence-electron chi connectivity index (χ3n) is 3.02. The second kappa shape index (κ2) is 4.51. The quantitative estimate of drug-likeness (QED) is 0.825. The Labute approximate surface area is 90.9 Å². The predicted octanol–water partition coefficient (Wildman–Crippen LogP) is 2.69. The molecule has 1 aromatic rings. The van der Waals surface area contributed by atoms with Crippen LogP contribution in [0, 0.1) is 5.92 Å². The minimum Gasteiger partial charge on any atom is -0.495 e. The van der Waals surface area contributed by atoms with Crippen molar-refractivity contribution in [3.8, 4) is 5.75 Å². The second-order valence-electron chi connectivity index (χ2n) is 4.34. The number of ether oxygens (including phenoxy) is 1. The number of nitrogens with zero attached hydrogens (tertiary/aromatic N) is 1. The monoisotopic (exact) mass is 206 g/mol. The lowest BCUT2D eigenvalue weighted by Gasteiger charge is -2.13. The van der Waals surface area contributed by atoms with E-state index in [2.05, 4.69) is 17.2 Å². The Hall–Kier alpha value is -1.25. The average molecular weight is 206 g/mol. The van der Waals surface area contributed by atoms with Crippen LogP contribution in [-0.2, 0) is 0 Å². The van der Waals surface area contributed by atoms with Crippen LogP contribution in [0.3, 0.4) is 0 Å². The Morgan fingerprint density at radius 2 is 2.27 bits per heavy atom. The number of methoxy groups -OCH3 is 1. The molecule has 0 bridgehead atoms. The lowest BCUT2D eigenvalue weighted by atomic mass is 10.1. The molecule has 15 heavy (non-hydrogen) atoms. The van der Waals surface area contributed by atoms with E-state index in [0.29, 0.717) is 6.04 Å². The zero-order valence-electron chi connectivity index (χ0n) is 9.36. The molecule has 0 radical (unpaired) electrons. The summed E-state index contributed by atoms with van der Waals surface area (Å²) in [6.07, 6.45) is 5.59. The normalized spacial score (nSPS) is 25.2. The van der Waals surface area contributed by atoms with Crippen molar-refractivity contribution in [3.63, 3.8) is 0 Å². The molecule has 1 fully saturated rings. The summed E-state index contributed by atoms with van der Waals surface area (Å²) in [5.74, 6) is 2.61. The predicted molar refractivity (Wildman–Crippen MR) is 61.2 cm³/mol. The lowest BCUT2D eigenvalue weighted by Crippen LogP contribution is -2.15. The van der Waals surface area contributed by atoms with Crippen LogP contribution in [-0.4, -0.2) is 18.1 Å². The van der Waals surface area contributed by atoms with E-state index < -0.39 is 0 Å². The van der Waals surface area contributed by atoms with Crippen LogP contribution in [0.5, 0.6) is 5.75 Å². The number of nitrogens with one attached hydrogen (secondary N) is 1. The molecule has 1 N–H and O–H groups in total. The molecule has 1 aliphatic carbocycles. The highest BCUT2D eigenvalue weighted by molar-refractivity contribution is 5.38. The molecular formula is C12H18N2O. The zero-order chi connectivity index (χ0) is 10.7. The number of anilines is 1. The summed E-state index contributed by atoms with van der Waals surface area (Å²) >= 11 is 0. The van der Waals surface area contributed by atoms with Crippen LogP contribution >= 0.6 is 0 Å². The molecule has 2 unspecified atom stereocenters. The van der Waals surface area contributed by atoms with Crippen LogP contribution < -0.4 is 10.1 Å². The lowest BCUT2D eigenvalue weighted by molar-refractivity contribution is 0.413. The molecule has 1 heterocycles. The summed E-state index contributed by atoms with van der Waals surface area (Å²) in [6.45, 7) is 2.31. The van der Waals surface area contributed by atoms with Gasteiger partial charge in [-0.2, -0.15) is 0 Å². The zero-order valence-corrected chi connectivity index (χ0v) is 9.36. The molecule has 1 aromatic heterocycles. The fraction of sp³-hybridized carbons (Fsp3) is 0.583. The minimum atomic E-state index is 0.598. The first-order valence-corrected chi connectivity index (χ1v) is 5.54. The number of rotatable bonds is 3. The van der Waals surface area contributed by atoms with Gasteiger partial charge in [0.15, 0.2) is 0 Å². The van der Waals surface area contributed by atoms with Gasteiger partial charge in [-0.25, -0.2) is 4.98 Å². The number of aromatic nitrogens is 1. The average Bonchev–Trinajstić information content (AvgIpc) is 2.65. The van der Waals surface area contributed by atoms with E-state index in [1.807, 2.05) is 12.1 Å². The van der Waals surface area contributed by atoms with Crippen LogP contribution in [0.25, 0.3) is 0 Å². The molecule has 0 aromatic carbocycles. The third kappa shape index (κ3) is 2.61. The van der Waals surface area contributed by atoms with Crippen molar-refractivity contribution in [1.29, 1.82) is 0 Å². The van der Waals surface area contributed by atoms with Gasteiger partial charge in [0.05, 0.1) is 13.3 Å². The number of hydrogen-bond acceptors (Lipinski definition) is 3. The highest BCUT2D eigenvalue weighted by Crippen LogP contribution is 2.27. The van der Waals surface area contributed by atoms with E-state index in [-0.39, 0.29) is 0 Å². The summed E-state index contributed by atoms with van der Waals surface area (Å²) in [6, 6.07) is 4.51. The Kier molecular flexibility index (Phi) is 3.09. The number of pyridine rings is 1. The van der Waals surface area contributed by atoms with Gasteiger partial charge in [0.25, 0.3) is 0 Å². The summed E-state index contributed by atoms with van der Waals surface area (Å²) < 4.78 is 5.07. The summed E-state index contributed by atoms with van der Waals surface area (Å²) in [5.41, 5.74) is 0. The van der Waals surface area contributed by atoms with Crippen molar-refractivity contribution in [3.05, 3.63) is 18.3 Å². The third-order valence-corrected chi connectivity index (χ3v) is 3.02. The first-order valence-electron chi connectivity index (χ1n) is 5.54. The molecular weight excluding hydrogens is 188 g/mol. The molecule has 3 nitrogen and oxygen atoms in total. The van der Waals surface area contributed by atoms with Crippen molar-refractivity contribution in [2.45, 2.75) is 32.2 Å². The Bertz CT molecular complexity index is 310. The summed E-state index contributed by atoms with van der Waals surface area (Å²) in [7, 11) is 1.66. The van der Waals surface area contributed by atoms with Crippen molar-refractivity contribution in [2.75, 3.05) is 12.4 Å². The minimum absolute atomic E-state index is 0.598. The summed E-state index contributed by atoms with van der Waals surface area (Å²) in [4.78, 5) is 4.30. The first-order chi connectivity index (χ1) is 7.28. The van der Waals surface area contributed by atoms with Gasteiger partial charge in [-0.3, -0.25) is 0 Å². The summed E-state index contributed by atoms with van der Waals surface area (Å²) in [5, 5.41) is 3.46. The standard InChI is InChI=1S/C12H18N2O/c1-9-3-4-10(7-9)14-12-6-5-11(15-2)8-13-12/h5-6,8-10H,3-4,7H2,1-2H3,(H,13,14). The van der Waals surface area contributed by atoms with Crippen molar-refractivity contribution < 1.29 is 4.74 Å². The van der Waals surface area contributed by atoms with Crippen molar-refractivity contribution in [1.82, 2.24) is 4.98 Å². The Balaban J connectivity index is 1.93. The van der Waals surface area contributed by atoms with E-state index in [4.69, 9.17) is 4.74 Å². The second-order valence-corrected chi connectivity index (χ2v) is 4.34. The molecule has 2 atom stereocenters. The van der Waals surface area contributed by atoms with E-state index in [9.17, 15) is 0 Å². The van der Waals surface area contributed by atoms with Gasteiger partial charge in [0.2, 0.25) is 0 Å². The molecule has 0 amide bonds. The maximum atomic E-state index is 5.07. The van der Waals surface area contributed by atoms with Gasteiger partial charge >= 0.3 is 0 Å². The molecule has 2 rings (SSSR count). The van der Waals surface area contributed by atoms with Crippen LogP contribution in [0.15, 0.2) is 18.3 Å². The van der Waals surface area contributed by atoms with Gasteiger partial charge in [0, 0.05) is 6.04 Å². The van der Waals surface area contributed by atoms with Gasteiger partial charge < -0.3 is 10.1 Å².